The maximum Gasteiger partial charge on any atom is 0.247 e. The number of aromatic nitrogens is 2. The lowest BCUT2D eigenvalue weighted by Gasteiger charge is -2.36. The van der Waals surface area contributed by atoms with Gasteiger partial charge in [0.05, 0.1) is 12.1 Å². The summed E-state index contributed by atoms with van der Waals surface area (Å²) < 4.78 is 5.90. The highest BCUT2D eigenvalue weighted by Gasteiger charge is 2.30. The molecule has 2 heterocycles. The number of hydrogen-bond donors (Lipinski definition) is 1. The molecule has 1 aromatic heterocycles. The van der Waals surface area contributed by atoms with Crippen molar-refractivity contribution in [1.29, 1.82) is 0 Å². The van der Waals surface area contributed by atoms with Crippen LogP contribution in [0.5, 0.6) is 0 Å². The van der Waals surface area contributed by atoms with Crippen molar-refractivity contribution in [3.63, 3.8) is 0 Å². The standard InChI is InChI=1S/C18H25N3O2/c1-11-5-6-15(9-13(11)3)18-20-19-17(23-18)14(4)21-8-7-12(2)16(22)10-21/h5-6,9,12,14,16,22H,7-8,10H2,1-4H3. The Labute approximate surface area is 137 Å². The van der Waals surface area contributed by atoms with Crippen LogP contribution in [-0.2, 0) is 0 Å². The number of aliphatic hydroxyl groups is 1. The predicted molar refractivity (Wildman–Crippen MR) is 89.0 cm³/mol. The quantitative estimate of drug-likeness (QED) is 0.943. The third kappa shape index (κ3) is 3.31. The zero-order chi connectivity index (χ0) is 16.6. The molecule has 0 saturated carbocycles. The molecule has 1 aromatic carbocycles. The average molecular weight is 315 g/mol. The minimum Gasteiger partial charge on any atom is -0.419 e. The van der Waals surface area contributed by atoms with Crippen molar-refractivity contribution in [2.24, 2.45) is 5.92 Å². The molecule has 0 aliphatic carbocycles. The number of β-amino-alcohol motifs (C(OH)–C–C–N with tert-alkyl or cyclic N) is 1. The smallest absolute Gasteiger partial charge is 0.247 e. The number of likely N-dealkylation sites (tertiary alicyclic amines) is 1. The molecule has 2 aromatic rings. The molecular weight excluding hydrogens is 290 g/mol. The van der Waals surface area contributed by atoms with Crippen LogP contribution in [0.25, 0.3) is 11.5 Å². The zero-order valence-electron chi connectivity index (χ0n) is 14.3. The number of hydrogen-bond acceptors (Lipinski definition) is 5. The molecule has 3 unspecified atom stereocenters. The predicted octanol–water partition coefficient (Wildman–Crippen LogP) is 3.12. The maximum absolute atomic E-state index is 10.1. The van der Waals surface area contributed by atoms with E-state index in [0.29, 0.717) is 24.2 Å². The minimum atomic E-state index is -0.284. The molecule has 5 nitrogen and oxygen atoms in total. The van der Waals surface area contributed by atoms with E-state index < -0.39 is 0 Å². The molecule has 1 fully saturated rings. The lowest BCUT2D eigenvalue weighted by atomic mass is 9.95. The number of rotatable bonds is 3. The number of nitrogens with zero attached hydrogens (tertiary/aromatic N) is 3. The van der Waals surface area contributed by atoms with E-state index in [-0.39, 0.29) is 12.1 Å². The van der Waals surface area contributed by atoms with Crippen LogP contribution in [0.3, 0.4) is 0 Å². The molecule has 1 N–H and O–H groups in total. The topological polar surface area (TPSA) is 62.4 Å². The third-order valence-electron chi connectivity index (χ3n) is 5.05. The van der Waals surface area contributed by atoms with Crippen molar-refractivity contribution in [3.8, 4) is 11.5 Å². The van der Waals surface area contributed by atoms with Crippen molar-refractivity contribution in [1.82, 2.24) is 15.1 Å². The molecule has 1 aliphatic heterocycles. The van der Waals surface area contributed by atoms with Crippen molar-refractivity contribution in [2.45, 2.75) is 46.3 Å². The summed E-state index contributed by atoms with van der Waals surface area (Å²) >= 11 is 0. The Morgan fingerprint density at radius 1 is 1.26 bits per heavy atom. The third-order valence-corrected chi connectivity index (χ3v) is 5.05. The van der Waals surface area contributed by atoms with Crippen LogP contribution in [0.15, 0.2) is 22.6 Å². The van der Waals surface area contributed by atoms with Crippen LogP contribution < -0.4 is 0 Å². The van der Waals surface area contributed by atoms with Gasteiger partial charge < -0.3 is 9.52 Å². The molecule has 1 aliphatic rings. The molecule has 3 atom stereocenters. The molecule has 1 saturated heterocycles. The summed E-state index contributed by atoms with van der Waals surface area (Å²) in [6.07, 6.45) is 0.706. The van der Waals surface area contributed by atoms with Gasteiger partial charge in [0.25, 0.3) is 0 Å². The molecule has 5 heteroatoms. The first-order chi connectivity index (χ1) is 11.0. The van der Waals surface area contributed by atoms with Crippen LogP contribution >= 0.6 is 0 Å². The first-order valence-corrected chi connectivity index (χ1v) is 8.29. The first kappa shape index (κ1) is 16.1. The van der Waals surface area contributed by atoms with Gasteiger partial charge in [0.2, 0.25) is 11.8 Å². The molecule has 0 bridgehead atoms. The molecule has 0 spiro atoms. The average Bonchev–Trinajstić information content (AvgIpc) is 3.02. The van der Waals surface area contributed by atoms with Gasteiger partial charge >= 0.3 is 0 Å². The summed E-state index contributed by atoms with van der Waals surface area (Å²) in [5.74, 6) is 1.52. The monoisotopic (exact) mass is 315 g/mol. The second-order valence-electron chi connectivity index (χ2n) is 6.75. The van der Waals surface area contributed by atoms with Crippen molar-refractivity contribution in [3.05, 3.63) is 35.2 Å². The van der Waals surface area contributed by atoms with E-state index in [9.17, 15) is 5.11 Å². The van der Waals surface area contributed by atoms with E-state index in [1.54, 1.807) is 0 Å². The second-order valence-corrected chi connectivity index (χ2v) is 6.75. The molecule has 0 radical (unpaired) electrons. The number of aliphatic hydroxyl groups excluding tert-OH is 1. The number of aryl methyl sites for hydroxylation is 2. The van der Waals surface area contributed by atoms with Crippen LogP contribution in [0, 0.1) is 19.8 Å². The van der Waals surface area contributed by atoms with Gasteiger partial charge in [-0.3, -0.25) is 4.90 Å². The van der Waals surface area contributed by atoms with Crippen LogP contribution in [0.1, 0.15) is 43.3 Å². The molecule has 3 rings (SSSR count). The highest BCUT2D eigenvalue weighted by Crippen LogP contribution is 2.28. The Morgan fingerprint density at radius 2 is 2.04 bits per heavy atom. The van der Waals surface area contributed by atoms with Gasteiger partial charge in [-0.2, -0.15) is 0 Å². The van der Waals surface area contributed by atoms with Crippen molar-refractivity contribution < 1.29 is 9.52 Å². The van der Waals surface area contributed by atoms with Crippen LogP contribution in [0.4, 0.5) is 0 Å². The van der Waals surface area contributed by atoms with Crippen LogP contribution in [-0.4, -0.2) is 39.4 Å². The summed E-state index contributed by atoms with van der Waals surface area (Å²) in [5, 5.41) is 18.5. The van der Waals surface area contributed by atoms with Crippen molar-refractivity contribution in [2.75, 3.05) is 13.1 Å². The van der Waals surface area contributed by atoms with E-state index in [4.69, 9.17) is 4.42 Å². The largest absolute Gasteiger partial charge is 0.419 e. The summed E-state index contributed by atoms with van der Waals surface area (Å²) in [6, 6.07) is 6.17. The van der Waals surface area contributed by atoms with Crippen LogP contribution in [0.2, 0.25) is 0 Å². The van der Waals surface area contributed by atoms with Gasteiger partial charge in [-0.1, -0.05) is 13.0 Å². The Kier molecular flexibility index (Phi) is 4.50. The normalized spacial score (nSPS) is 23.9. The molecule has 0 amide bonds. The van der Waals surface area contributed by atoms with E-state index in [2.05, 4.69) is 54.9 Å². The minimum absolute atomic E-state index is 0.0185. The SMILES string of the molecule is Cc1ccc(-c2nnc(C(C)N3CCC(C)C(O)C3)o2)cc1C. The first-order valence-electron chi connectivity index (χ1n) is 8.29. The fourth-order valence-corrected chi connectivity index (χ4v) is 2.98. The van der Waals surface area contributed by atoms with Gasteiger partial charge in [0, 0.05) is 12.1 Å². The second kappa shape index (κ2) is 6.42. The number of piperidine rings is 1. The van der Waals surface area contributed by atoms with E-state index in [0.717, 1.165) is 18.5 Å². The van der Waals surface area contributed by atoms with E-state index >= 15 is 0 Å². The summed E-state index contributed by atoms with van der Waals surface area (Å²) in [7, 11) is 0. The molecule has 124 valence electrons. The van der Waals surface area contributed by atoms with Crippen molar-refractivity contribution >= 4 is 0 Å². The zero-order valence-corrected chi connectivity index (χ0v) is 14.3. The van der Waals surface area contributed by atoms with Gasteiger partial charge in [0.1, 0.15) is 0 Å². The fourth-order valence-electron chi connectivity index (χ4n) is 2.98. The lowest BCUT2D eigenvalue weighted by Crippen LogP contribution is -2.43. The van der Waals surface area contributed by atoms with E-state index in [1.807, 2.05) is 6.07 Å². The fraction of sp³-hybridized carbons (Fsp3) is 0.556. The highest BCUT2D eigenvalue weighted by molar-refractivity contribution is 5.55. The summed E-state index contributed by atoms with van der Waals surface area (Å²) in [5.41, 5.74) is 3.41. The highest BCUT2D eigenvalue weighted by atomic mass is 16.4. The summed E-state index contributed by atoms with van der Waals surface area (Å²) in [4.78, 5) is 2.21. The van der Waals surface area contributed by atoms with Gasteiger partial charge in [-0.15, -0.1) is 10.2 Å². The Morgan fingerprint density at radius 3 is 2.74 bits per heavy atom. The molecule has 23 heavy (non-hydrogen) atoms. The van der Waals surface area contributed by atoms with Gasteiger partial charge in [-0.25, -0.2) is 0 Å². The Balaban J connectivity index is 1.77. The van der Waals surface area contributed by atoms with E-state index in [1.165, 1.54) is 11.1 Å². The Bertz CT molecular complexity index is 683. The Hall–Kier alpha value is -1.72. The molecular formula is C18H25N3O2. The summed E-state index contributed by atoms with van der Waals surface area (Å²) in [6.45, 7) is 9.92. The van der Waals surface area contributed by atoms with Gasteiger partial charge in [0.15, 0.2) is 0 Å². The maximum atomic E-state index is 10.1. The lowest BCUT2D eigenvalue weighted by molar-refractivity contribution is 0.00817. The van der Waals surface area contributed by atoms with Gasteiger partial charge in [-0.05, 0) is 62.9 Å². The number of benzene rings is 1.